The first-order chi connectivity index (χ1) is 17.9. The van der Waals surface area contributed by atoms with Gasteiger partial charge in [0.1, 0.15) is 0 Å². The Bertz CT molecular complexity index is 1230. The van der Waals surface area contributed by atoms with Gasteiger partial charge < -0.3 is 0 Å². The normalized spacial score (nSPS) is 21.0. The number of nitrogens with zero attached hydrogens (tertiary/aromatic N) is 3. The van der Waals surface area contributed by atoms with Gasteiger partial charge in [-0.2, -0.15) is 0 Å². The van der Waals surface area contributed by atoms with E-state index >= 15 is 0 Å². The Kier molecular flexibility index (Phi) is 7.02. The SMILES string of the molecule is Cc1cc(C)cc([N]2[Sn-]3[N](c4cc(C)cc(C)c4)[Si](C)(C)[Si](C)([Si]2(C)C)[Si](C)(C)[N]3c2cc(C)cc(C)c2)c1. The molecule has 208 valence electrons. The Hall–Kier alpha value is -1.27. The fraction of sp³-hybridized carbons (Fsp3) is 0.419. The second kappa shape index (κ2) is 9.37. The molecule has 39 heavy (non-hydrogen) atoms. The summed E-state index contributed by atoms with van der Waals surface area (Å²) in [5.74, 6) is 0. The van der Waals surface area contributed by atoms with Crippen molar-refractivity contribution >= 4 is 67.5 Å². The van der Waals surface area contributed by atoms with E-state index in [1.807, 2.05) is 0 Å². The van der Waals surface area contributed by atoms with E-state index in [-0.39, 0.29) is 0 Å². The van der Waals surface area contributed by atoms with Crippen LogP contribution in [0.4, 0.5) is 17.1 Å². The van der Waals surface area contributed by atoms with Crippen molar-refractivity contribution in [3.05, 3.63) is 88.0 Å². The van der Waals surface area contributed by atoms with Crippen LogP contribution >= 0.6 is 0 Å². The average molecular weight is 694 g/mol. The second-order valence-electron chi connectivity index (χ2n) is 14.1. The monoisotopic (exact) mass is 694 g/mol. The van der Waals surface area contributed by atoms with E-state index in [2.05, 4.69) is 150 Å². The summed E-state index contributed by atoms with van der Waals surface area (Å²) in [4.78, 5) is 0. The minimum atomic E-state index is -2.76. The Morgan fingerprint density at radius 2 is 0.590 bits per heavy atom. The van der Waals surface area contributed by atoms with Gasteiger partial charge in [0.05, 0.1) is 0 Å². The minimum absolute atomic E-state index is 1.40. The zero-order valence-electron chi connectivity index (χ0n) is 26.5. The summed E-state index contributed by atoms with van der Waals surface area (Å²) in [6.45, 7) is 31.7. The molecule has 0 amide bonds. The molecule has 3 aliphatic heterocycles. The molecule has 3 nitrogen and oxygen atoms in total. The van der Waals surface area contributed by atoms with E-state index in [1.54, 1.807) is 0 Å². The van der Waals surface area contributed by atoms with Crippen molar-refractivity contribution in [1.29, 1.82) is 0 Å². The molecule has 0 atom stereocenters. The van der Waals surface area contributed by atoms with Crippen molar-refractivity contribution in [2.45, 2.75) is 87.4 Å². The van der Waals surface area contributed by atoms with Gasteiger partial charge in [-0.15, -0.1) is 0 Å². The molecule has 2 bridgehead atoms. The summed E-state index contributed by atoms with van der Waals surface area (Å²) >= 11 is -2.76. The third-order valence-electron chi connectivity index (χ3n) is 10.3. The van der Waals surface area contributed by atoms with Gasteiger partial charge in [-0.3, -0.25) is 0 Å². The van der Waals surface area contributed by atoms with Crippen molar-refractivity contribution in [1.82, 2.24) is 0 Å². The van der Waals surface area contributed by atoms with Crippen LogP contribution in [0.3, 0.4) is 0 Å². The third-order valence-corrected chi connectivity index (χ3v) is 109. The molecule has 0 aromatic heterocycles. The van der Waals surface area contributed by atoms with Crippen molar-refractivity contribution in [2.24, 2.45) is 0 Å². The number of rotatable bonds is 3. The van der Waals surface area contributed by atoms with E-state index < -0.39 is 50.5 Å². The summed E-state index contributed by atoms with van der Waals surface area (Å²) < 4.78 is 9.61. The molecule has 0 unspecified atom stereocenters. The Morgan fingerprint density at radius 1 is 0.385 bits per heavy atom. The van der Waals surface area contributed by atoms with Crippen molar-refractivity contribution in [3.8, 4) is 0 Å². The van der Waals surface area contributed by atoms with E-state index in [4.69, 9.17) is 0 Å². The topological polar surface area (TPSA) is 9.72 Å². The van der Waals surface area contributed by atoms with Crippen LogP contribution in [0, 0.1) is 41.5 Å². The summed E-state index contributed by atoms with van der Waals surface area (Å²) in [5, 5.41) is 0. The summed E-state index contributed by atoms with van der Waals surface area (Å²) in [6, 6.07) is 22.2. The van der Waals surface area contributed by atoms with Crippen LogP contribution in [-0.2, 0) is 0 Å². The fourth-order valence-corrected chi connectivity index (χ4v) is 147. The van der Waals surface area contributed by atoms with Gasteiger partial charge in [0, 0.05) is 0 Å². The molecule has 0 aliphatic carbocycles. The Balaban J connectivity index is 1.92. The Labute approximate surface area is 249 Å². The molecular weight excluding hydrogens is 645 g/mol. The van der Waals surface area contributed by atoms with Crippen molar-refractivity contribution in [3.63, 3.8) is 0 Å². The van der Waals surface area contributed by atoms with Gasteiger partial charge in [0.2, 0.25) is 0 Å². The molecule has 3 heterocycles. The summed E-state index contributed by atoms with van der Waals surface area (Å²) in [6.07, 6.45) is 0. The van der Waals surface area contributed by atoms with Crippen molar-refractivity contribution in [2.75, 3.05) is 8.36 Å². The van der Waals surface area contributed by atoms with Crippen molar-refractivity contribution < 1.29 is 0 Å². The number of benzene rings is 3. The van der Waals surface area contributed by atoms with Crippen LogP contribution in [-0.4, -0.2) is 50.5 Å². The maximum absolute atomic E-state index is 3.20. The predicted molar refractivity (Wildman–Crippen MR) is 185 cm³/mol. The van der Waals surface area contributed by atoms with Gasteiger partial charge in [0.15, 0.2) is 0 Å². The van der Waals surface area contributed by atoms with Crippen LogP contribution in [0.5, 0.6) is 0 Å². The number of hydrogen-bond donors (Lipinski definition) is 0. The standard InChI is InChI=1S/C31H48N3Si4.Sn/c1-23-14-24(2)18-29(17-23)32-35(7,8)38(13,36(9,10)33-30-19-25(3)15-26(4)20-30)37(11,12)34-31-21-27(5)16-28(6)22-31;/h14-22H,1-13H3;/q-3;+2. The average Bonchev–Trinajstić information content (AvgIpc) is 2.74. The molecule has 0 N–H and O–H groups in total. The molecule has 3 saturated heterocycles. The van der Waals surface area contributed by atoms with Crippen LogP contribution < -0.4 is 8.36 Å². The van der Waals surface area contributed by atoms with Gasteiger partial charge in [-0.25, -0.2) is 0 Å². The first-order valence-electron chi connectivity index (χ1n) is 14.5. The quantitative estimate of drug-likeness (QED) is 0.256. The zero-order chi connectivity index (χ0) is 28.9. The van der Waals surface area contributed by atoms with Gasteiger partial charge in [0.25, 0.3) is 0 Å². The summed E-state index contributed by atoms with van der Waals surface area (Å²) in [7, 11) is -5.36. The van der Waals surface area contributed by atoms with E-state index in [9.17, 15) is 0 Å². The predicted octanol–water partition coefficient (Wildman–Crippen LogP) is 8.30. The molecule has 8 heteroatoms. The second-order valence-corrected chi connectivity index (χ2v) is 61.0. The number of hydrogen-bond acceptors (Lipinski definition) is 3. The van der Waals surface area contributed by atoms with Crippen LogP contribution in [0.15, 0.2) is 54.6 Å². The van der Waals surface area contributed by atoms with E-state index in [0.717, 1.165) is 0 Å². The van der Waals surface area contributed by atoms with Gasteiger partial charge >= 0.3 is 251 Å². The van der Waals surface area contributed by atoms with E-state index in [0.29, 0.717) is 0 Å². The summed E-state index contributed by atoms with van der Waals surface area (Å²) in [5.41, 5.74) is 13.0. The molecule has 0 saturated carbocycles. The Morgan fingerprint density at radius 3 is 0.795 bits per heavy atom. The van der Waals surface area contributed by atoms with E-state index in [1.165, 1.54) is 50.4 Å². The fourth-order valence-electron chi connectivity index (χ4n) is 8.52. The first kappa shape index (κ1) is 29.2. The molecule has 0 radical (unpaired) electrons. The van der Waals surface area contributed by atoms with Gasteiger partial charge in [-0.05, 0) is 0 Å². The molecule has 6 rings (SSSR count). The first-order valence-corrected chi connectivity index (χ1v) is 32.6. The number of fused-ring (bicyclic) bond motifs is 3. The van der Waals surface area contributed by atoms with Crippen LogP contribution in [0.2, 0.25) is 45.8 Å². The number of anilines is 3. The molecule has 3 aromatic rings. The molecule has 0 spiro atoms. The van der Waals surface area contributed by atoms with Crippen LogP contribution in [0.25, 0.3) is 0 Å². The van der Waals surface area contributed by atoms with Crippen LogP contribution in [0.1, 0.15) is 33.4 Å². The maximum atomic E-state index is 3.20. The van der Waals surface area contributed by atoms with Gasteiger partial charge in [-0.1, -0.05) is 0 Å². The molecular formula is C31H48N3Si4Sn-. The zero-order valence-corrected chi connectivity index (χ0v) is 33.4. The number of aryl methyl sites for hydroxylation is 6. The third kappa shape index (κ3) is 4.12. The molecule has 3 fully saturated rings. The molecule has 3 aromatic carbocycles. The molecule has 3 aliphatic rings.